The molecule has 0 unspecified atom stereocenters. The average Bonchev–Trinajstić information content (AvgIpc) is 3.05. The van der Waals surface area contributed by atoms with E-state index >= 15 is 0 Å². The molecule has 30 heteroatoms. The number of hydrogen-bond donors (Lipinski definition) is 6. The highest BCUT2D eigenvalue weighted by atomic mass is 32.3. The van der Waals surface area contributed by atoms with E-state index in [0.29, 0.717) is 12.1 Å². The van der Waals surface area contributed by atoms with Crippen LogP contribution < -0.4 is 5.73 Å². The van der Waals surface area contributed by atoms with Gasteiger partial charge in [-0.25, -0.2) is 25.2 Å². The molecule has 4 rings (SSSR count). The van der Waals surface area contributed by atoms with Crippen LogP contribution in [0.15, 0.2) is 101 Å². The number of azo groups is 2. The molecule has 4 aromatic carbocycles. The molecule has 0 aromatic heterocycles. The highest BCUT2D eigenvalue weighted by Crippen LogP contribution is 2.46. The van der Waals surface area contributed by atoms with Crippen molar-refractivity contribution in [3.63, 3.8) is 0 Å². The maximum atomic E-state index is 12.6. The van der Waals surface area contributed by atoms with Crippen molar-refractivity contribution in [3.8, 4) is 5.75 Å². The van der Waals surface area contributed by atoms with Crippen molar-refractivity contribution in [2.75, 3.05) is 30.5 Å². The molecule has 0 radical (unpaired) electrons. The third-order valence-electron chi connectivity index (χ3n) is 6.97. The van der Waals surface area contributed by atoms with Gasteiger partial charge in [-0.05, 0) is 60.7 Å². The summed E-state index contributed by atoms with van der Waals surface area (Å²) in [5.41, 5.74) is 3.76. The maximum Gasteiger partial charge on any atom is 0.397 e. The van der Waals surface area contributed by atoms with E-state index in [1.807, 2.05) is 0 Å². The Bertz CT molecular complexity index is 2950. The third kappa shape index (κ3) is 11.3. The van der Waals surface area contributed by atoms with Gasteiger partial charge in [-0.2, -0.15) is 38.8 Å². The third-order valence-corrected chi connectivity index (χ3v) is 13.0. The molecule has 0 fully saturated rings. The summed E-state index contributed by atoms with van der Waals surface area (Å²) in [7, 11) is -29.2. The van der Waals surface area contributed by atoms with Crippen LogP contribution in [0.4, 0.5) is 28.4 Å². The van der Waals surface area contributed by atoms with Crippen LogP contribution in [0, 0.1) is 0 Å². The number of phenols is 1. The Hall–Kier alpha value is -4.60. The molecule has 0 atom stereocenters. The summed E-state index contributed by atoms with van der Waals surface area (Å²) in [4.78, 5) is -3.46. The van der Waals surface area contributed by atoms with Crippen LogP contribution in [0.1, 0.15) is 0 Å². The van der Waals surface area contributed by atoms with Gasteiger partial charge < -0.3 is 10.8 Å². The normalized spacial score (nSPS) is 13.6. The Balaban J connectivity index is 1.75. The van der Waals surface area contributed by atoms with E-state index in [-0.39, 0.29) is 32.7 Å². The zero-order valence-corrected chi connectivity index (χ0v) is 32.3. The zero-order chi connectivity index (χ0) is 42.1. The molecule has 0 heterocycles. The van der Waals surface area contributed by atoms with Gasteiger partial charge in [-0.1, -0.05) is 0 Å². The highest BCUT2D eigenvalue weighted by molar-refractivity contribution is 7.92. The number of nitrogen functional groups attached to an aromatic ring is 1. The van der Waals surface area contributed by atoms with E-state index in [9.17, 15) is 64.7 Å². The van der Waals surface area contributed by atoms with Gasteiger partial charge in [0, 0.05) is 10.8 Å². The van der Waals surface area contributed by atoms with Crippen molar-refractivity contribution in [1.29, 1.82) is 0 Å². The molecule has 0 saturated carbocycles. The lowest BCUT2D eigenvalue weighted by atomic mass is 10.1. The lowest BCUT2D eigenvalue weighted by Gasteiger charge is -2.12. The summed E-state index contributed by atoms with van der Waals surface area (Å²) in [6.07, 6.45) is 0. The summed E-state index contributed by atoms with van der Waals surface area (Å²) in [6.45, 7) is -1.96. The first-order chi connectivity index (χ1) is 25.6. The van der Waals surface area contributed by atoms with E-state index < -0.39 is 117 Å². The predicted molar refractivity (Wildman–Crippen MR) is 190 cm³/mol. The molecule has 7 N–H and O–H groups in total. The van der Waals surface area contributed by atoms with Crippen molar-refractivity contribution >= 4 is 99.9 Å². The topological polar surface area (TPSA) is 400 Å². The van der Waals surface area contributed by atoms with Gasteiger partial charge in [0.25, 0.3) is 20.2 Å². The fraction of sp³-hybridized carbons (Fsp3) is 0.154. The number of nitrogens with two attached hydrogens (primary N) is 1. The van der Waals surface area contributed by atoms with Crippen LogP contribution in [-0.4, -0.2) is 98.5 Å². The summed E-state index contributed by atoms with van der Waals surface area (Å²) in [5.74, 6) is -2.92. The monoisotopic (exact) mass is 903 g/mol. The van der Waals surface area contributed by atoms with Gasteiger partial charge in [-0.3, -0.25) is 18.2 Å². The fourth-order valence-electron chi connectivity index (χ4n) is 4.47. The maximum absolute atomic E-state index is 12.6. The molecule has 0 bridgehead atoms. The van der Waals surface area contributed by atoms with Crippen molar-refractivity contribution in [3.05, 3.63) is 60.7 Å². The van der Waals surface area contributed by atoms with Gasteiger partial charge in [0.1, 0.15) is 26.9 Å². The van der Waals surface area contributed by atoms with Crippen molar-refractivity contribution in [2.45, 2.75) is 19.6 Å². The number of benzene rings is 4. The van der Waals surface area contributed by atoms with Gasteiger partial charge in [0.2, 0.25) is 0 Å². The van der Waals surface area contributed by atoms with E-state index in [0.717, 1.165) is 30.3 Å². The Morgan fingerprint density at radius 1 is 0.536 bits per heavy atom. The highest BCUT2D eigenvalue weighted by Gasteiger charge is 2.26. The minimum absolute atomic E-state index is 0.000851. The van der Waals surface area contributed by atoms with Crippen molar-refractivity contribution in [1.82, 2.24) is 0 Å². The number of rotatable bonds is 16. The molecule has 0 amide bonds. The first-order valence-corrected chi connectivity index (χ1v) is 23.3. The Morgan fingerprint density at radius 3 is 1.55 bits per heavy atom. The first-order valence-electron chi connectivity index (χ1n) is 14.4. The second-order valence-electron chi connectivity index (χ2n) is 10.8. The molecule has 0 aliphatic rings. The molecule has 24 nitrogen and oxygen atoms in total. The fourth-order valence-corrected chi connectivity index (χ4v) is 8.84. The molecule has 4 aromatic rings. The number of sulfone groups is 2. The average molecular weight is 904 g/mol. The molecule has 304 valence electrons. The molecular weight excluding hydrogens is 879 g/mol. The van der Waals surface area contributed by atoms with Crippen molar-refractivity contribution < 1.29 is 82.2 Å². The van der Waals surface area contributed by atoms with Gasteiger partial charge in [0.15, 0.2) is 25.4 Å². The second kappa shape index (κ2) is 16.1. The second-order valence-corrected chi connectivity index (χ2v) is 20.0. The quantitative estimate of drug-likeness (QED) is 0.0534. The van der Waals surface area contributed by atoms with Crippen LogP contribution in [0.3, 0.4) is 0 Å². The largest absolute Gasteiger partial charge is 0.505 e. The first kappa shape index (κ1) is 44.1. The van der Waals surface area contributed by atoms with E-state index in [1.54, 1.807) is 0 Å². The van der Waals surface area contributed by atoms with E-state index in [4.69, 9.17) is 14.8 Å². The Labute approximate surface area is 317 Å². The van der Waals surface area contributed by atoms with Crippen LogP contribution in [0.5, 0.6) is 5.75 Å². The van der Waals surface area contributed by atoms with Gasteiger partial charge >= 0.3 is 20.8 Å². The summed E-state index contributed by atoms with van der Waals surface area (Å²) in [5, 5.41) is 25.6. The van der Waals surface area contributed by atoms with Crippen molar-refractivity contribution in [2.24, 2.45) is 20.5 Å². The standard InChI is InChI=1S/C26H25N5O19S6/c27-20-7-6-18-19(24(20)30-28-15-1-3-16(4-2-15)51(33,34)11-9-49-55(43,44)45)14-23(54(40,41)42)25(26(18)32)31-29-21-8-5-17(13-22(21)53(37,38)39)52(35,36)12-10-50-56(46,47)48/h1-8,13-14,32H,9-12,27H2,(H,37,38,39)(H,40,41,42)(H,43,44,45)(H,46,47,48). The van der Waals surface area contributed by atoms with Crippen LogP contribution in [0.2, 0.25) is 0 Å². The smallest absolute Gasteiger partial charge is 0.397 e. The lowest BCUT2D eigenvalue weighted by Crippen LogP contribution is -2.16. The summed E-state index contributed by atoms with van der Waals surface area (Å²) >= 11 is 0. The predicted octanol–water partition coefficient (Wildman–Crippen LogP) is 2.64. The van der Waals surface area contributed by atoms with E-state index in [2.05, 4.69) is 28.8 Å². The van der Waals surface area contributed by atoms with E-state index in [1.165, 1.54) is 18.2 Å². The number of phenolic OH excluding ortho intramolecular Hbond substituents is 1. The molecular formula is C26H25N5O19S6. The lowest BCUT2D eigenvalue weighted by molar-refractivity contribution is 0.282. The number of hydrogen-bond acceptors (Lipinski definition) is 20. The molecule has 0 aliphatic heterocycles. The molecule has 0 spiro atoms. The molecule has 0 saturated heterocycles. The number of nitrogens with zero attached hydrogens (tertiary/aromatic N) is 4. The van der Waals surface area contributed by atoms with Crippen LogP contribution >= 0.6 is 0 Å². The van der Waals surface area contributed by atoms with Gasteiger partial charge in [-0.15, -0.1) is 15.3 Å². The minimum atomic E-state index is -5.33. The number of fused-ring (bicyclic) bond motifs is 1. The summed E-state index contributed by atoms with van der Waals surface area (Å²) in [6, 6.07) is 9.39. The number of anilines is 1. The zero-order valence-electron chi connectivity index (χ0n) is 27.4. The minimum Gasteiger partial charge on any atom is -0.505 e. The van der Waals surface area contributed by atoms with Gasteiger partial charge in [0.05, 0.1) is 45.9 Å². The molecule has 56 heavy (non-hydrogen) atoms. The van der Waals surface area contributed by atoms with Crippen LogP contribution in [-0.2, 0) is 69.1 Å². The molecule has 0 aliphatic carbocycles. The Kier molecular flexibility index (Phi) is 12.7. The number of aromatic hydroxyl groups is 1. The SMILES string of the molecule is Nc1ccc2c(O)c(N=Nc3ccc(S(=O)(=O)CCOS(=O)(=O)O)cc3S(=O)(=O)O)c(S(=O)(=O)O)cc2c1N=Nc1ccc(S(=O)(=O)CCOS(=O)(=O)O)cc1. The van der Waals surface area contributed by atoms with Crippen LogP contribution in [0.25, 0.3) is 10.8 Å². The Morgan fingerprint density at radius 2 is 1.04 bits per heavy atom. The summed E-state index contributed by atoms with van der Waals surface area (Å²) < 4.78 is 187.